The van der Waals surface area contributed by atoms with Gasteiger partial charge >= 0.3 is 0 Å². The molecule has 0 aromatic carbocycles. The van der Waals surface area contributed by atoms with Crippen molar-refractivity contribution < 1.29 is 4.74 Å². The zero-order valence-corrected chi connectivity index (χ0v) is 4.67. The SMILES string of the molecule is NCCOCCN=O. The molecule has 0 aliphatic heterocycles. The maximum atomic E-state index is 9.41. The van der Waals surface area contributed by atoms with Crippen molar-refractivity contribution in [2.24, 2.45) is 10.9 Å². The molecule has 0 aliphatic rings. The van der Waals surface area contributed by atoms with Gasteiger partial charge in [-0.15, -0.1) is 0 Å². The highest BCUT2D eigenvalue weighted by molar-refractivity contribution is 4.37. The van der Waals surface area contributed by atoms with Gasteiger partial charge < -0.3 is 10.5 Å². The van der Waals surface area contributed by atoms with Gasteiger partial charge in [0.25, 0.3) is 0 Å². The van der Waals surface area contributed by atoms with Gasteiger partial charge in [-0.05, 0) is 0 Å². The van der Waals surface area contributed by atoms with Crippen molar-refractivity contribution in [1.82, 2.24) is 0 Å². The van der Waals surface area contributed by atoms with Gasteiger partial charge in [0.05, 0.1) is 13.2 Å². The highest BCUT2D eigenvalue weighted by Gasteiger charge is 1.82. The van der Waals surface area contributed by atoms with E-state index in [1.165, 1.54) is 0 Å². The predicted molar refractivity (Wildman–Crippen MR) is 30.5 cm³/mol. The van der Waals surface area contributed by atoms with Crippen LogP contribution in [-0.2, 0) is 4.74 Å². The lowest BCUT2D eigenvalue weighted by Gasteiger charge is -1.94. The number of nitrogens with zero attached hydrogens (tertiary/aromatic N) is 1. The summed E-state index contributed by atoms with van der Waals surface area (Å²) in [6.07, 6.45) is 0. The number of nitrogens with two attached hydrogens (primary N) is 1. The number of nitroso groups, excluding NO2 is 1. The Kier molecular flexibility index (Phi) is 6.13. The molecule has 0 aromatic rings. The first kappa shape index (κ1) is 7.52. The van der Waals surface area contributed by atoms with E-state index in [2.05, 4.69) is 5.18 Å². The Bertz CT molecular complexity index is 58.0. The fourth-order valence-electron chi connectivity index (χ4n) is 0.287. The molecular formula is C4H10N2O2. The lowest BCUT2D eigenvalue weighted by atomic mass is 10.7. The van der Waals surface area contributed by atoms with Gasteiger partial charge in [-0.3, -0.25) is 0 Å². The third-order valence-corrected chi connectivity index (χ3v) is 0.589. The fraction of sp³-hybridized carbons (Fsp3) is 1.00. The molecule has 2 N–H and O–H groups in total. The second-order valence-corrected chi connectivity index (χ2v) is 1.25. The van der Waals surface area contributed by atoms with Crippen LogP contribution in [0.25, 0.3) is 0 Å². The Morgan fingerprint density at radius 3 is 2.75 bits per heavy atom. The van der Waals surface area contributed by atoms with E-state index < -0.39 is 0 Å². The van der Waals surface area contributed by atoms with Crippen molar-refractivity contribution in [3.8, 4) is 0 Å². The average Bonchev–Trinajstić information content (AvgIpc) is 1.81. The lowest BCUT2D eigenvalue weighted by Crippen LogP contribution is -2.09. The molecule has 0 spiro atoms. The predicted octanol–water partition coefficient (Wildman–Crippen LogP) is -0.272. The molecule has 4 nitrogen and oxygen atoms in total. The van der Waals surface area contributed by atoms with Crippen molar-refractivity contribution in [3.05, 3.63) is 4.91 Å². The Morgan fingerprint density at radius 1 is 1.50 bits per heavy atom. The monoisotopic (exact) mass is 118 g/mol. The van der Waals surface area contributed by atoms with Gasteiger partial charge in [0.15, 0.2) is 0 Å². The van der Waals surface area contributed by atoms with Crippen LogP contribution in [0.2, 0.25) is 0 Å². The minimum Gasteiger partial charge on any atom is -0.378 e. The van der Waals surface area contributed by atoms with Crippen LogP contribution >= 0.6 is 0 Å². The highest BCUT2D eigenvalue weighted by atomic mass is 16.5. The summed E-state index contributed by atoms with van der Waals surface area (Å²) in [5.74, 6) is 0. The van der Waals surface area contributed by atoms with Crippen molar-refractivity contribution in [2.45, 2.75) is 0 Å². The third-order valence-electron chi connectivity index (χ3n) is 0.589. The standard InChI is InChI=1S/C4H10N2O2/c5-1-3-8-4-2-6-7/h1-5H2. The summed E-state index contributed by atoms with van der Waals surface area (Å²) in [6.45, 7) is 1.62. The summed E-state index contributed by atoms with van der Waals surface area (Å²) in [5, 5.41) is 2.59. The summed E-state index contributed by atoms with van der Waals surface area (Å²) in [4.78, 5) is 9.41. The number of rotatable bonds is 5. The van der Waals surface area contributed by atoms with E-state index in [0.29, 0.717) is 19.8 Å². The van der Waals surface area contributed by atoms with E-state index in [1.54, 1.807) is 0 Å². The maximum Gasteiger partial charge on any atom is 0.104 e. The summed E-state index contributed by atoms with van der Waals surface area (Å²) < 4.78 is 4.80. The molecule has 8 heavy (non-hydrogen) atoms. The van der Waals surface area contributed by atoms with Crippen molar-refractivity contribution in [1.29, 1.82) is 0 Å². The molecule has 0 rings (SSSR count). The van der Waals surface area contributed by atoms with Crippen molar-refractivity contribution in [2.75, 3.05) is 26.3 Å². The van der Waals surface area contributed by atoms with Gasteiger partial charge in [-0.2, -0.15) is 4.91 Å². The normalized spacial score (nSPS) is 9.12. The second kappa shape index (κ2) is 6.52. The number of hydrogen-bond donors (Lipinski definition) is 1. The molecule has 48 valence electrons. The van der Waals surface area contributed by atoms with Gasteiger partial charge in [0, 0.05) is 6.54 Å². The third kappa shape index (κ3) is 5.52. The Balaban J connectivity index is 2.62. The van der Waals surface area contributed by atoms with Crippen LogP contribution in [0.5, 0.6) is 0 Å². The van der Waals surface area contributed by atoms with E-state index in [-0.39, 0.29) is 6.54 Å². The largest absolute Gasteiger partial charge is 0.378 e. The maximum absolute atomic E-state index is 9.41. The van der Waals surface area contributed by atoms with Gasteiger partial charge in [0.2, 0.25) is 0 Å². The first-order chi connectivity index (χ1) is 3.91. The smallest absolute Gasteiger partial charge is 0.104 e. The molecule has 0 bridgehead atoms. The van der Waals surface area contributed by atoms with E-state index in [1.807, 2.05) is 0 Å². The molecule has 0 aliphatic carbocycles. The zero-order valence-electron chi connectivity index (χ0n) is 4.67. The van der Waals surface area contributed by atoms with E-state index in [0.717, 1.165) is 0 Å². The van der Waals surface area contributed by atoms with Crippen molar-refractivity contribution in [3.63, 3.8) is 0 Å². The molecule has 4 heteroatoms. The minimum atomic E-state index is 0.222. The number of hydrogen-bond acceptors (Lipinski definition) is 4. The van der Waals surface area contributed by atoms with E-state index in [4.69, 9.17) is 10.5 Å². The van der Waals surface area contributed by atoms with E-state index >= 15 is 0 Å². The van der Waals surface area contributed by atoms with Crippen LogP contribution < -0.4 is 5.73 Å². The Hall–Kier alpha value is -0.480. The van der Waals surface area contributed by atoms with Gasteiger partial charge in [0.1, 0.15) is 6.54 Å². The minimum absolute atomic E-state index is 0.222. The topological polar surface area (TPSA) is 64.7 Å². The quantitative estimate of drug-likeness (QED) is 0.399. The van der Waals surface area contributed by atoms with Crippen LogP contribution in [0.15, 0.2) is 5.18 Å². The first-order valence-electron chi connectivity index (χ1n) is 2.48. The molecule has 0 fully saturated rings. The molecule has 0 atom stereocenters. The summed E-state index contributed by atoms with van der Waals surface area (Å²) >= 11 is 0. The molecule has 0 aromatic heterocycles. The van der Waals surface area contributed by atoms with Crippen LogP contribution in [-0.4, -0.2) is 26.3 Å². The fourth-order valence-corrected chi connectivity index (χ4v) is 0.287. The summed E-state index contributed by atoms with van der Waals surface area (Å²) in [6, 6.07) is 0. The first-order valence-corrected chi connectivity index (χ1v) is 2.48. The lowest BCUT2D eigenvalue weighted by molar-refractivity contribution is 0.149. The van der Waals surface area contributed by atoms with Gasteiger partial charge in [-0.25, -0.2) is 0 Å². The molecule has 0 heterocycles. The molecule has 0 saturated carbocycles. The van der Waals surface area contributed by atoms with Gasteiger partial charge in [-0.1, -0.05) is 5.18 Å². The van der Waals surface area contributed by atoms with Crippen molar-refractivity contribution >= 4 is 0 Å². The van der Waals surface area contributed by atoms with E-state index in [9.17, 15) is 4.91 Å². The Morgan fingerprint density at radius 2 is 2.25 bits per heavy atom. The van der Waals surface area contributed by atoms with Crippen LogP contribution in [0.3, 0.4) is 0 Å². The molecule has 0 saturated heterocycles. The van der Waals surface area contributed by atoms with Crippen LogP contribution in [0, 0.1) is 4.91 Å². The molecule has 0 radical (unpaired) electrons. The summed E-state index contributed by atoms with van der Waals surface area (Å²) in [5.41, 5.74) is 5.08. The van der Waals surface area contributed by atoms with Crippen LogP contribution in [0.1, 0.15) is 0 Å². The molecular weight excluding hydrogens is 108 g/mol. The molecule has 0 unspecified atom stereocenters. The second-order valence-electron chi connectivity index (χ2n) is 1.25. The summed E-state index contributed by atoms with van der Waals surface area (Å²) in [7, 11) is 0. The Labute approximate surface area is 48.0 Å². The van der Waals surface area contributed by atoms with Crippen LogP contribution in [0.4, 0.5) is 0 Å². The molecule has 0 amide bonds. The average molecular weight is 118 g/mol. The zero-order chi connectivity index (χ0) is 6.24. The number of ether oxygens (including phenoxy) is 1. The highest BCUT2D eigenvalue weighted by Crippen LogP contribution is 1.72.